The molecule has 4 heterocycles. The van der Waals surface area contributed by atoms with Crippen LogP contribution in [0.1, 0.15) is 67.9 Å². The van der Waals surface area contributed by atoms with Crippen molar-refractivity contribution in [2.45, 2.75) is 70.4 Å². The number of fused-ring (bicyclic) bond motifs is 2. The zero-order valence-corrected chi connectivity index (χ0v) is 23.1. The van der Waals surface area contributed by atoms with E-state index < -0.39 is 0 Å². The number of piperidine rings is 2. The Hall–Kier alpha value is -3.36. The summed E-state index contributed by atoms with van der Waals surface area (Å²) in [5.74, 6) is 2.81. The van der Waals surface area contributed by atoms with Crippen LogP contribution in [0.15, 0.2) is 30.6 Å². The molecule has 6 rings (SSSR count). The van der Waals surface area contributed by atoms with E-state index in [1.165, 1.54) is 32.0 Å². The van der Waals surface area contributed by atoms with Crippen molar-refractivity contribution in [3.05, 3.63) is 41.9 Å². The summed E-state index contributed by atoms with van der Waals surface area (Å²) < 4.78 is 5.36. The smallest absolute Gasteiger partial charge is 0.322 e. The number of rotatable bonds is 4. The van der Waals surface area contributed by atoms with Crippen molar-refractivity contribution in [3.63, 3.8) is 0 Å². The molecule has 0 bridgehead atoms. The number of urea groups is 1. The molecule has 3 atom stereocenters. The lowest BCUT2D eigenvalue weighted by atomic mass is 9.75. The fourth-order valence-electron chi connectivity index (χ4n) is 7.26. The van der Waals surface area contributed by atoms with Crippen molar-refractivity contribution in [1.29, 1.82) is 0 Å². The SMILES string of the molecule is COc1ccc2c(c1)CCN(C1CCN(c3cc(C(=O)N4CC(C)CC5CCCCC54)ncn3)CC1)C(=O)N2. The van der Waals surface area contributed by atoms with Crippen LogP contribution in [0.3, 0.4) is 0 Å². The van der Waals surface area contributed by atoms with Crippen molar-refractivity contribution in [3.8, 4) is 5.75 Å². The minimum absolute atomic E-state index is 0.0379. The topological polar surface area (TPSA) is 90.9 Å². The quantitative estimate of drug-likeness (QED) is 0.620. The normalized spacial score (nSPS) is 25.8. The van der Waals surface area contributed by atoms with Gasteiger partial charge in [-0.3, -0.25) is 4.79 Å². The summed E-state index contributed by atoms with van der Waals surface area (Å²) in [6.45, 7) is 5.33. The number of nitrogens with one attached hydrogen (secondary N) is 1. The molecule has 0 radical (unpaired) electrons. The first-order valence-corrected chi connectivity index (χ1v) is 14.6. The summed E-state index contributed by atoms with van der Waals surface area (Å²) in [7, 11) is 1.66. The predicted molar refractivity (Wildman–Crippen MR) is 150 cm³/mol. The maximum Gasteiger partial charge on any atom is 0.322 e. The van der Waals surface area contributed by atoms with Crippen LogP contribution in [0.4, 0.5) is 16.3 Å². The lowest BCUT2D eigenvalue weighted by molar-refractivity contribution is 0.0253. The summed E-state index contributed by atoms with van der Waals surface area (Å²) in [5.41, 5.74) is 2.46. The molecule has 1 N–H and O–H groups in total. The fraction of sp³-hybridized carbons (Fsp3) is 0.600. The molecule has 1 aromatic heterocycles. The number of likely N-dealkylation sites (tertiary alicyclic amines) is 1. The number of hydrogen-bond acceptors (Lipinski definition) is 6. The Morgan fingerprint density at radius 3 is 2.69 bits per heavy atom. The minimum Gasteiger partial charge on any atom is -0.497 e. The van der Waals surface area contributed by atoms with Crippen molar-refractivity contribution in [2.75, 3.05) is 43.5 Å². The van der Waals surface area contributed by atoms with Gasteiger partial charge < -0.3 is 24.8 Å². The van der Waals surface area contributed by atoms with Gasteiger partial charge >= 0.3 is 6.03 Å². The van der Waals surface area contributed by atoms with Crippen molar-refractivity contribution in [1.82, 2.24) is 19.8 Å². The van der Waals surface area contributed by atoms with E-state index in [-0.39, 0.29) is 18.0 Å². The van der Waals surface area contributed by atoms with Crippen LogP contribution in [0.5, 0.6) is 5.75 Å². The molecule has 3 fully saturated rings. The van der Waals surface area contributed by atoms with Gasteiger partial charge in [-0.25, -0.2) is 14.8 Å². The Kier molecular flexibility index (Phi) is 7.32. The molecule has 9 nitrogen and oxygen atoms in total. The van der Waals surface area contributed by atoms with Gasteiger partial charge in [-0.1, -0.05) is 19.8 Å². The highest BCUT2D eigenvalue weighted by atomic mass is 16.5. The molecule has 1 aromatic carbocycles. The van der Waals surface area contributed by atoms with Gasteiger partial charge in [0.25, 0.3) is 5.91 Å². The van der Waals surface area contributed by atoms with Gasteiger partial charge in [-0.15, -0.1) is 0 Å². The second kappa shape index (κ2) is 11.0. The molecular formula is C30H40N6O3. The summed E-state index contributed by atoms with van der Waals surface area (Å²) in [5, 5.41) is 3.09. The highest BCUT2D eigenvalue weighted by Gasteiger charge is 2.39. The van der Waals surface area contributed by atoms with Crippen LogP contribution in [0.2, 0.25) is 0 Å². The lowest BCUT2D eigenvalue weighted by Crippen LogP contribution is -2.52. The average Bonchev–Trinajstić information content (AvgIpc) is 3.14. The first-order valence-electron chi connectivity index (χ1n) is 14.6. The second-order valence-corrected chi connectivity index (χ2v) is 11.8. The third-order valence-corrected chi connectivity index (χ3v) is 9.28. The van der Waals surface area contributed by atoms with E-state index >= 15 is 0 Å². The van der Waals surface area contributed by atoms with Gasteiger partial charge in [-0.2, -0.15) is 0 Å². The zero-order valence-electron chi connectivity index (χ0n) is 23.1. The van der Waals surface area contributed by atoms with E-state index in [0.717, 1.165) is 68.1 Å². The van der Waals surface area contributed by atoms with Gasteiger partial charge in [0, 0.05) is 50.0 Å². The maximum absolute atomic E-state index is 13.7. The molecule has 4 aliphatic rings. The van der Waals surface area contributed by atoms with Crippen LogP contribution in [-0.2, 0) is 6.42 Å². The molecule has 208 valence electrons. The predicted octanol–water partition coefficient (Wildman–Crippen LogP) is 4.59. The summed E-state index contributed by atoms with van der Waals surface area (Å²) in [6, 6.07) is 8.17. The van der Waals surface area contributed by atoms with Crippen LogP contribution in [0.25, 0.3) is 0 Å². The maximum atomic E-state index is 13.7. The standard InChI is InChI=1S/C30H40N6O3/c1-20-15-22-5-3-4-6-27(22)36(18-20)29(37)26-17-28(32-19-31-26)34-12-10-23(11-13-34)35-14-9-21-16-24(39-2)7-8-25(21)33-30(35)38/h7-8,16-17,19-20,22-23,27H,3-6,9-15,18H2,1-2H3,(H,33,38). The van der Waals surface area contributed by atoms with Crippen molar-refractivity contribution in [2.24, 2.45) is 11.8 Å². The van der Waals surface area contributed by atoms with Gasteiger partial charge in [0.1, 0.15) is 23.6 Å². The Bertz CT molecular complexity index is 1210. The third-order valence-electron chi connectivity index (χ3n) is 9.28. The Balaban J connectivity index is 1.10. The fourth-order valence-corrected chi connectivity index (χ4v) is 7.26. The van der Waals surface area contributed by atoms with Gasteiger partial charge in [0.05, 0.1) is 7.11 Å². The molecular weight excluding hydrogens is 492 g/mol. The Labute approximate surface area is 230 Å². The minimum atomic E-state index is -0.0379. The van der Waals surface area contributed by atoms with E-state index in [1.54, 1.807) is 7.11 Å². The number of aromatic nitrogens is 2. The van der Waals surface area contributed by atoms with E-state index in [9.17, 15) is 9.59 Å². The molecule has 2 aromatic rings. The van der Waals surface area contributed by atoms with Crippen LogP contribution in [-0.4, -0.2) is 77.1 Å². The van der Waals surface area contributed by atoms with Crippen molar-refractivity contribution >= 4 is 23.4 Å². The Morgan fingerprint density at radius 2 is 1.87 bits per heavy atom. The number of nitrogens with zero attached hydrogens (tertiary/aromatic N) is 5. The zero-order chi connectivity index (χ0) is 26.9. The second-order valence-electron chi connectivity index (χ2n) is 11.8. The number of carbonyl (C=O) groups is 2. The molecule has 1 aliphatic carbocycles. The molecule has 39 heavy (non-hydrogen) atoms. The van der Waals surface area contributed by atoms with Gasteiger partial charge in [0.15, 0.2) is 0 Å². The number of amides is 3. The average molecular weight is 533 g/mol. The van der Waals surface area contributed by atoms with E-state index in [0.29, 0.717) is 30.1 Å². The van der Waals surface area contributed by atoms with Crippen LogP contribution < -0.4 is 15.0 Å². The molecule has 3 aliphatic heterocycles. The van der Waals surface area contributed by atoms with E-state index in [2.05, 4.69) is 32.0 Å². The summed E-state index contributed by atoms with van der Waals surface area (Å²) in [6.07, 6.45) is 10.1. The molecule has 3 unspecified atom stereocenters. The van der Waals surface area contributed by atoms with Gasteiger partial charge in [-0.05, 0) is 74.1 Å². The number of hydrogen-bond donors (Lipinski definition) is 1. The van der Waals surface area contributed by atoms with Gasteiger partial charge in [0.2, 0.25) is 0 Å². The Morgan fingerprint density at radius 1 is 1.05 bits per heavy atom. The lowest BCUT2D eigenvalue weighted by Gasteiger charge is -2.46. The number of methoxy groups -OCH3 is 1. The van der Waals surface area contributed by atoms with Crippen LogP contribution in [0, 0.1) is 11.8 Å². The highest BCUT2D eigenvalue weighted by Crippen LogP contribution is 2.38. The monoisotopic (exact) mass is 532 g/mol. The van der Waals surface area contributed by atoms with Crippen molar-refractivity contribution < 1.29 is 14.3 Å². The summed E-state index contributed by atoms with van der Waals surface area (Å²) >= 11 is 0. The molecule has 3 amide bonds. The molecule has 2 saturated heterocycles. The molecule has 0 spiro atoms. The van der Waals surface area contributed by atoms with E-state index in [1.807, 2.05) is 29.2 Å². The first-order chi connectivity index (χ1) is 19.0. The number of benzene rings is 1. The number of anilines is 2. The third kappa shape index (κ3) is 5.28. The van der Waals surface area contributed by atoms with E-state index in [4.69, 9.17) is 4.74 Å². The number of ether oxygens (including phenoxy) is 1. The highest BCUT2D eigenvalue weighted by molar-refractivity contribution is 5.93. The first kappa shape index (κ1) is 25.9. The molecule has 1 saturated carbocycles. The van der Waals surface area contributed by atoms with Crippen LogP contribution >= 0.6 is 0 Å². The number of carbonyl (C=O) groups excluding carboxylic acids is 2. The molecule has 9 heteroatoms. The largest absolute Gasteiger partial charge is 0.497 e. The summed E-state index contributed by atoms with van der Waals surface area (Å²) in [4.78, 5) is 42.0.